The first-order valence-corrected chi connectivity index (χ1v) is 11.7. The number of amides is 1. The van der Waals surface area contributed by atoms with Crippen molar-refractivity contribution in [3.05, 3.63) is 0 Å². The van der Waals surface area contributed by atoms with Crippen LogP contribution in [0.4, 0.5) is 0 Å². The lowest BCUT2D eigenvalue weighted by atomic mass is 9.83. The van der Waals surface area contributed by atoms with Crippen molar-refractivity contribution in [1.29, 1.82) is 0 Å². The molecule has 1 saturated carbocycles. The fourth-order valence-corrected chi connectivity index (χ4v) is 4.54. The van der Waals surface area contributed by atoms with Gasteiger partial charge in [-0.25, -0.2) is 10.9 Å². The smallest absolute Gasteiger partial charge is 0.233 e. The van der Waals surface area contributed by atoms with Crippen molar-refractivity contribution in [2.75, 3.05) is 26.3 Å². The molecule has 2 saturated heterocycles. The van der Waals surface area contributed by atoms with Crippen molar-refractivity contribution < 1.29 is 14.4 Å². The van der Waals surface area contributed by atoms with E-state index in [0.717, 1.165) is 38.5 Å². The molecule has 2 aliphatic heterocycles. The second kappa shape index (κ2) is 12.2. The van der Waals surface area contributed by atoms with Crippen LogP contribution in [0.3, 0.4) is 0 Å². The van der Waals surface area contributed by atoms with Gasteiger partial charge in [0.2, 0.25) is 5.91 Å². The molecule has 1 amide bonds. The van der Waals surface area contributed by atoms with Crippen molar-refractivity contribution in [2.24, 2.45) is 16.8 Å². The standard InChI is InChI=1S/C20H37ClN6O3/c1-3-29-10-4-9-22-20(25-19(28)16-12-23-30-13(16)2)24-18-11-17(26-27-18)14-5-7-15(21)8-6-14/h13-18,23,26-27H,3-12H2,1-2H3,(H2,22,24,25,28). The lowest BCUT2D eigenvalue weighted by Crippen LogP contribution is -2.52. The quantitative estimate of drug-likeness (QED) is 0.164. The van der Waals surface area contributed by atoms with Crippen molar-refractivity contribution in [2.45, 2.75) is 76.1 Å². The van der Waals surface area contributed by atoms with Crippen LogP contribution >= 0.6 is 11.6 Å². The minimum atomic E-state index is -0.242. The first kappa shape index (κ1) is 23.7. The molecule has 0 aromatic rings. The van der Waals surface area contributed by atoms with E-state index >= 15 is 0 Å². The number of carbonyl (C=O) groups is 1. The maximum absolute atomic E-state index is 12.7. The van der Waals surface area contributed by atoms with Crippen LogP contribution in [0.5, 0.6) is 0 Å². The van der Waals surface area contributed by atoms with Crippen LogP contribution in [-0.2, 0) is 14.4 Å². The van der Waals surface area contributed by atoms with Crippen LogP contribution < -0.4 is 27.0 Å². The number of carbonyl (C=O) groups excluding carboxylic acids is 1. The highest BCUT2D eigenvalue weighted by molar-refractivity contribution is 6.20. The number of hydrazine groups is 1. The number of halogens is 1. The van der Waals surface area contributed by atoms with Gasteiger partial charge in [-0.05, 0) is 58.3 Å². The zero-order valence-corrected chi connectivity index (χ0v) is 18.8. The average Bonchev–Trinajstić information content (AvgIpc) is 3.37. The van der Waals surface area contributed by atoms with Gasteiger partial charge in [0.25, 0.3) is 0 Å². The monoisotopic (exact) mass is 444 g/mol. The second-order valence-electron chi connectivity index (χ2n) is 8.39. The fraction of sp³-hybridized carbons (Fsp3) is 0.900. The first-order chi connectivity index (χ1) is 14.6. The number of nitrogens with one attached hydrogen (secondary N) is 5. The summed E-state index contributed by atoms with van der Waals surface area (Å²) >= 11 is 6.25. The van der Waals surface area contributed by atoms with E-state index in [2.05, 4.69) is 32.0 Å². The van der Waals surface area contributed by atoms with Crippen LogP contribution in [0.25, 0.3) is 0 Å². The normalized spacial score (nSPS) is 34.8. The van der Waals surface area contributed by atoms with E-state index in [1.54, 1.807) is 0 Å². The number of alkyl halides is 1. The molecule has 9 nitrogen and oxygen atoms in total. The third-order valence-corrected chi connectivity index (χ3v) is 6.59. The molecule has 30 heavy (non-hydrogen) atoms. The van der Waals surface area contributed by atoms with Crippen LogP contribution in [0.2, 0.25) is 0 Å². The highest BCUT2D eigenvalue weighted by atomic mass is 35.5. The number of hydroxylamine groups is 1. The van der Waals surface area contributed by atoms with Crippen LogP contribution in [0.1, 0.15) is 52.4 Å². The molecule has 172 valence electrons. The van der Waals surface area contributed by atoms with E-state index in [0.29, 0.717) is 49.6 Å². The molecule has 2 heterocycles. The van der Waals surface area contributed by atoms with Gasteiger partial charge in [-0.2, -0.15) is 0 Å². The van der Waals surface area contributed by atoms with Gasteiger partial charge in [0.05, 0.1) is 18.2 Å². The molecule has 3 fully saturated rings. The van der Waals surface area contributed by atoms with Gasteiger partial charge in [0.1, 0.15) is 0 Å². The summed E-state index contributed by atoms with van der Waals surface area (Å²) in [5, 5.41) is 6.66. The van der Waals surface area contributed by atoms with Crippen molar-refractivity contribution in [3.63, 3.8) is 0 Å². The van der Waals surface area contributed by atoms with E-state index < -0.39 is 0 Å². The molecule has 0 spiro atoms. The largest absolute Gasteiger partial charge is 0.382 e. The number of hydrogen-bond donors (Lipinski definition) is 5. The van der Waals surface area contributed by atoms with Gasteiger partial charge in [0.15, 0.2) is 5.96 Å². The number of rotatable bonds is 8. The zero-order chi connectivity index (χ0) is 21.3. The molecule has 0 aromatic carbocycles. The third-order valence-electron chi connectivity index (χ3n) is 6.15. The Bertz CT molecular complexity index is 573. The topological polar surface area (TPSA) is 108 Å². The maximum Gasteiger partial charge on any atom is 0.233 e. The summed E-state index contributed by atoms with van der Waals surface area (Å²) in [6.45, 7) is 6.30. The molecule has 3 aliphatic rings. The van der Waals surface area contributed by atoms with Crippen LogP contribution in [0, 0.1) is 11.8 Å². The lowest BCUT2D eigenvalue weighted by Gasteiger charge is -2.29. The Labute approximate surface area is 184 Å². The summed E-state index contributed by atoms with van der Waals surface area (Å²) in [6, 6.07) is 0.397. The van der Waals surface area contributed by atoms with E-state index in [4.69, 9.17) is 21.2 Å². The Hall–Kier alpha value is -0.970. The van der Waals surface area contributed by atoms with Crippen LogP contribution in [0.15, 0.2) is 4.99 Å². The molecule has 4 atom stereocenters. The second-order valence-corrected chi connectivity index (χ2v) is 9.01. The minimum absolute atomic E-state index is 0.00467. The van der Waals surface area contributed by atoms with Gasteiger partial charge in [-0.3, -0.25) is 25.4 Å². The van der Waals surface area contributed by atoms with Crippen LogP contribution in [-0.4, -0.2) is 61.9 Å². The summed E-state index contributed by atoms with van der Waals surface area (Å²) in [5.41, 5.74) is 9.53. The van der Waals surface area contributed by atoms with E-state index in [-0.39, 0.29) is 24.1 Å². The zero-order valence-electron chi connectivity index (χ0n) is 18.1. The Kier molecular flexibility index (Phi) is 9.61. The molecule has 10 heteroatoms. The molecule has 0 aromatic heterocycles. The highest BCUT2D eigenvalue weighted by Crippen LogP contribution is 2.31. The number of hydrogen-bond acceptors (Lipinski definition) is 7. The minimum Gasteiger partial charge on any atom is -0.382 e. The van der Waals surface area contributed by atoms with Gasteiger partial charge >= 0.3 is 0 Å². The highest BCUT2D eigenvalue weighted by Gasteiger charge is 2.34. The molecule has 0 radical (unpaired) electrons. The van der Waals surface area contributed by atoms with E-state index in [9.17, 15) is 4.79 Å². The van der Waals surface area contributed by atoms with E-state index in [1.165, 1.54) is 0 Å². The van der Waals surface area contributed by atoms with E-state index in [1.807, 2.05) is 13.8 Å². The third kappa shape index (κ3) is 7.03. The predicted molar refractivity (Wildman–Crippen MR) is 117 cm³/mol. The Morgan fingerprint density at radius 3 is 2.77 bits per heavy atom. The molecule has 0 bridgehead atoms. The number of guanidine groups is 1. The summed E-state index contributed by atoms with van der Waals surface area (Å²) in [6.07, 6.45) is 6.04. The fourth-order valence-electron chi connectivity index (χ4n) is 4.29. The van der Waals surface area contributed by atoms with Gasteiger partial charge in [0, 0.05) is 37.7 Å². The van der Waals surface area contributed by atoms with Gasteiger partial charge < -0.3 is 10.1 Å². The molecule has 3 rings (SSSR count). The summed E-state index contributed by atoms with van der Waals surface area (Å²) in [7, 11) is 0. The maximum atomic E-state index is 12.7. The Balaban J connectivity index is 1.52. The van der Waals surface area contributed by atoms with Crippen molar-refractivity contribution >= 4 is 23.5 Å². The lowest BCUT2D eigenvalue weighted by molar-refractivity contribution is -0.124. The SMILES string of the molecule is CCOCCCN=C(NC(=O)C1CNOC1C)NC1CC(C2CCC(Cl)CC2)NN1. The number of aliphatic imine (C=N–C) groups is 1. The summed E-state index contributed by atoms with van der Waals surface area (Å²) in [4.78, 5) is 22.6. The molecule has 1 aliphatic carbocycles. The number of nitrogens with zero attached hydrogens (tertiary/aromatic N) is 1. The average molecular weight is 445 g/mol. The van der Waals surface area contributed by atoms with Gasteiger partial charge in [-0.1, -0.05) is 0 Å². The summed E-state index contributed by atoms with van der Waals surface area (Å²) in [5.74, 6) is 0.795. The Morgan fingerprint density at radius 1 is 1.27 bits per heavy atom. The van der Waals surface area contributed by atoms with Crippen molar-refractivity contribution in [3.8, 4) is 0 Å². The number of ether oxygens (including phenoxy) is 1. The Morgan fingerprint density at radius 2 is 2.07 bits per heavy atom. The van der Waals surface area contributed by atoms with Gasteiger partial charge in [-0.15, -0.1) is 11.6 Å². The van der Waals surface area contributed by atoms with Crippen molar-refractivity contribution in [1.82, 2.24) is 27.0 Å². The first-order valence-electron chi connectivity index (χ1n) is 11.3. The predicted octanol–water partition coefficient (Wildman–Crippen LogP) is 1.00. The molecular formula is C20H37ClN6O3. The summed E-state index contributed by atoms with van der Waals surface area (Å²) < 4.78 is 5.38. The molecule has 4 unspecified atom stereocenters. The molecular weight excluding hydrogens is 408 g/mol. The molecule has 5 N–H and O–H groups in total.